The van der Waals surface area contributed by atoms with Crippen LogP contribution in [0.4, 0.5) is 0 Å². The molecular weight excluding hydrogens is 311 g/mol. The van der Waals surface area contributed by atoms with E-state index in [1.807, 2.05) is 6.92 Å². The van der Waals surface area contributed by atoms with Crippen LogP contribution in [-0.4, -0.2) is 56.7 Å². The summed E-state index contributed by atoms with van der Waals surface area (Å²) in [6.07, 6.45) is -0.136. The van der Waals surface area contributed by atoms with Crippen LogP contribution in [0.1, 0.15) is 17.3 Å². The molecule has 1 saturated heterocycles. The minimum Gasteiger partial charge on any atom is -0.453 e. The summed E-state index contributed by atoms with van der Waals surface area (Å²) >= 11 is 11.8. The zero-order valence-electron chi connectivity index (χ0n) is 12.4. The van der Waals surface area contributed by atoms with Crippen molar-refractivity contribution < 1.29 is 14.4 Å². The van der Waals surface area contributed by atoms with Crippen molar-refractivity contribution in [2.45, 2.75) is 13.0 Å². The minimum absolute atomic E-state index is 0.136. The Labute approximate surface area is 135 Å². The molecule has 1 fully saturated rings. The first-order chi connectivity index (χ1) is 9.95. The van der Waals surface area contributed by atoms with Gasteiger partial charge in [-0.05, 0) is 32.2 Å². The number of hydrogen-bond donors (Lipinski definition) is 1. The van der Waals surface area contributed by atoms with E-state index in [4.69, 9.17) is 27.9 Å². The molecule has 1 heterocycles. The van der Waals surface area contributed by atoms with Crippen LogP contribution in [0.2, 0.25) is 10.0 Å². The molecule has 0 aromatic heterocycles. The SMILES string of the molecule is CC(C[NH+]1CCN(C)CC1)OC(=O)c1ccc(Cl)cc1Cl. The van der Waals surface area contributed by atoms with E-state index in [1.54, 1.807) is 18.2 Å². The number of hydrogen-bond acceptors (Lipinski definition) is 3. The summed E-state index contributed by atoms with van der Waals surface area (Å²) in [5.74, 6) is -0.391. The Balaban J connectivity index is 1.87. The van der Waals surface area contributed by atoms with E-state index < -0.39 is 5.97 Å². The average molecular weight is 332 g/mol. The molecule has 1 atom stereocenters. The highest BCUT2D eigenvalue weighted by molar-refractivity contribution is 6.36. The summed E-state index contributed by atoms with van der Waals surface area (Å²) in [5.41, 5.74) is 0.362. The number of halogens is 2. The van der Waals surface area contributed by atoms with Crippen LogP contribution in [0.5, 0.6) is 0 Å². The first-order valence-corrected chi connectivity index (χ1v) is 7.89. The Morgan fingerprint density at radius 3 is 2.67 bits per heavy atom. The van der Waals surface area contributed by atoms with Gasteiger partial charge in [0.25, 0.3) is 0 Å². The molecule has 116 valence electrons. The van der Waals surface area contributed by atoms with Crippen molar-refractivity contribution in [3.8, 4) is 0 Å². The molecule has 0 bridgehead atoms. The number of carbonyl (C=O) groups is 1. The highest BCUT2D eigenvalue weighted by atomic mass is 35.5. The Morgan fingerprint density at radius 1 is 1.38 bits per heavy atom. The van der Waals surface area contributed by atoms with Gasteiger partial charge < -0.3 is 9.64 Å². The third kappa shape index (κ3) is 4.85. The summed E-state index contributed by atoms with van der Waals surface area (Å²) in [6, 6.07) is 4.79. The summed E-state index contributed by atoms with van der Waals surface area (Å²) in [5, 5.41) is 0.832. The van der Waals surface area contributed by atoms with E-state index in [9.17, 15) is 4.79 Å². The molecule has 0 saturated carbocycles. The first kappa shape index (κ1) is 16.6. The molecule has 21 heavy (non-hydrogen) atoms. The van der Waals surface area contributed by atoms with E-state index >= 15 is 0 Å². The highest BCUT2D eigenvalue weighted by Gasteiger charge is 2.22. The molecule has 2 rings (SSSR count). The number of likely N-dealkylation sites (N-methyl/N-ethyl adjacent to an activating group) is 1. The van der Waals surface area contributed by atoms with Crippen LogP contribution < -0.4 is 4.90 Å². The van der Waals surface area contributed by atoms with Crippen LogP contribution in [-0.2, 0) is 4.74 Å². The van der Waals surface area contributed by atoms with Crippen LogP contribution in [0.25, 0.3) is 0 Å². The molecule has 1 aromatic carbocycles. The molecule has 4 nitrogen and oxygen atoms in total. The molecule has 1 aliphatic rings. The molecule has 1 aliphatic heterocycles. The highest BCUT2D eigenvalue weighted by Crippen LogP contribution is 2.21. The largest absolute Gasteiger partial charge is 0.453 e. The Kier molecular flexibility index (Phi) is 5.88. The lowest BCUT2D eigenvalue weighted by molar-refractivity contribution is -0.907. The number of ether oxygens (including phenoxy) is 1. The third-order valence-electron chi connectivity index (χ3n) is 3.73. The minimum atomic E-state index is -0.391. The molecule has 1 aromatic rings. The molecule has 6 heteroatoms. The summed E-state index contributed by atoms with van der Waals surface area (Å²) < 4.78 is 5.49. The summed E-state index contributed by atoms with van der Waals surface area (Å²) in [4.78, 5) is 15.9. The molecule has 1 N–H and O–H groups in total. The number of esters is 1. The van der Waals surface area contributed by atoms with Crippen molar-refractivity contribution in [3.63, 3.8) is 0 Å². The van der Waals surface area contributed by atoms with Gasteiger partial charge in [-0.3, -0.25) is 4.90 Å². The van der Waals surface area contributed by atoms with Gasteiger partial charge in [0.15, 0.2) is 0 Å². The fourth-order valence-corrected chi connectivity index (χ4v) is 2.97. The van der Waals surface area contributed by atoms with Crippen molar-refractivity contribution in [2.24, 2.45) is 0 Å². The van der Waals surface area contributed by atoms with Gasteiger partial charge >= 0.3 is 5.97 Å². The predicted octanol–water partition coefficient (Wildman–Crippen LogP) is 1.37. The van der Waals surface area contributed by atoms with Crippen molar-refractivity contribution in [1.29, 1.82) is 0 Å². The third-order valence-corrected chi connectivity index (χ3v) is 4.28. The van der Waals surface area contributed by atoms with Crippen LogP contribution in [0, 0.1) is 0 Å². The first-order valence-electron chi connectivity index (χ1n) is 7.14. The molecule has 0 aliphatic carbocycles. The van der Waals surface area contributed by atoms with Gasteiger partial charge in [-0.2, -0.15) is 0 Å². The summed E-state index contributed by atoms with van der Waals surface area (Å²) in [6.45, 7) is 7.08. The van der Waals surface area contributed by atoms with E-state index in [0.717, 1.165) is 32.7 Å². The normalized spacial score (nSPS) is 18.5. The number of rotatable bonds is 4. The standard InChI is InChI=1S/C15H20Cl2N2O2/c1-11(10-19-7-5-18(2)6-8-19)21-15(20)13-4-3-12(16)9-14(13)17/h3-4,9,11H,5-8,10H2,1-2H3/p+1. The van der Waals surface area contributed by atoms with Crippen LogP contribution >= 0.6 is 23.2 Å². The lowest BCUT2D eigenvalue weighted by Gasteiger charge is -2.31. The van der Waals surface area contributed by atoms with E-state index in [-0.39, 0.29) is 6.10 Å². The van der Waals surface area contributed by atoms with E-state index in [0.29, 0.717) is 15.6 Å². The lowest BCUT2D eigenvalue weighted by atomic mass is 10.2. The van der Waals surface area contributed by atoms with Crippen molar-refractivity contribution in [2.75, 3.05) is 39.8 Å². The number of piperazine rings is 1. The monoisotopic (exact) mass is 331 g/mol. The molecule has 0 radical (unpaired) electrons. The Morgan fingerprint density at radius 2 is 2.05 bits per heavy atom. The van der Waals surface area contributed by atoms with Crippen LogP contribution in [0.15, 0.2) is 18.2 Å². The number of nitrogens with one attached hydrogen (secondary N) is 1. The Bertz CT molecular complexity index is 502. The second-order valence-corrected chi connectivity index (χ2v) is 6.44. The van der Waals surface area contributed by atoms with Gasteiger partial charge in [0.05, 0.1) is 23.7 Å². The molecule has 1 unspecified atom stereocenters. The second-order valence-electron chi connectivity index (χ2n) is 5.60. The van der Waals surface area contributed by atoms with Crippen LogP contribution in [0.3, 0.4) is 0 Å². The lowest BCUT2D eigenvalue weighted by Crippen LogP contribution is -3.15. The van der Waals surface area contributed by atoms with Gasteiger partial charge in [0, 0.05) is 18.1 Å². The number of nitrogens with zero attached hydrogens (tertiary/aromatic N) is 1. The van der Waals surface area contributed by atoms with Crippen molar-refractivity contribution in [1.82, 2.24) is 4.90 Å². The van der Waals surface area contributed by atoms with E-state index in [1.165, 1.54) is 4.90 Å². The number of benzene rings is 1. The maximum atomic E-state index is 12.1. The smallest absolute Gasteiger partial charge is 0.340 e. The molecule has 0 amide bonds. The maximum Gasteiger partial charge on any atom is 0.340 e. The second kappa shape index (κ2) is 7.45. The summed E-state index contributed by atoms with van der Waals surface area (Å²) in [7, 11) is 2.13. The zero-order chi connectivity index (χ0) is 15.4. The number of quaternary nitrogens is 1. The number of carbonyl (C=O) groups excluding carboxylic acids is 1. The molecule has 0 spiro atoms. The zero-order valence-corrected chi connectivity index (χ0v) is 13.9. The quantitative estimate of drug-likeness (QED) is 0.846. The van der Waals surface area contributed by atoms with Gasteiger partial charge in [-0.25, -0.2) is 4.79 Å². The van der Waals surface area contributed by atoms with Crippen molar-refractivity contribution >= 4 is 29.2 Å². The Hall–Kier alpha value is -0.810. The predicted molar refractivity (Wildman–Crippen MR) is 84.4 cm³/mol. The van der Waals surface area contributed by atoms with Gasteiger partial charge in [-0.15, -0.1) is 0 Å². The fraction of sp³-hybridized carbons (Fsp3) is 0.533. The van der Waals surface area contributed by atoms with Gasteiger partial charge in [0.1, 0.15) is 12.6 Å². The average Bonchev–Trinajstić information content (AvgIpc) is 2.41. The molecular formula is C15H21Cl2N2O2+. The maximum absolute atomic E-state index is 12.1. The van der Waals surface area contributed by atoms with E-state index in [2.05, 4.69) is 11.9 Å². The fourth-order valence-electron chi connectivity index (χ4n) is 2.49. The van der Waals surface area contributed by atoms with Gasteiger partial charge in [0.2, 0.25) is 0 Å². The topological polar surface area (TPSA) is 34.0 Å². The van der Waals surface area contributed by atoms with Crippen molar-refractivity contribution in [3.05, 3.63) is 33.8 Å². The van der Waals surface area contributed by atoms with Gasteiger partial charge in [-0.1, -0.05) is 23.2 Å².